The maximum atomic E-state index is 13.4. The van der Waals surface area contributed by atoms with Crippen molar-refractivity contribution in [3.05, 3.63) is 65.7 Å². The molecule has 134 valence electrons. The van der Waals surface area contributed by atoms with Crippen molar-refractivity contribution in [2.75, 3.05) is 13.1 Å². The van der Waals surface area contributed by atoms with E-state index in [4.69, 9.17) is 4.42 Å². The van der Waals surface area contributed by atoms with Crippen molar-refractivity contribution in [1.29, 1.82) is 0 Å². The van der Waals surface area contributed by atoms with Crippen LogP contribution in [0.5, 0.6) is 0 Å². The normalized spacial score (nSPS) is 18.2. The smallest absolute Gasteiger partial charge is 0.266 e. The minimum atomic E-state index is -0.821. The third-order valence-corrected chi connectivity index (χ3v) is 4.57. The number of nitrogens with zero attached hydrogens (tertiary/aromatic N) is 4. The van der Waals surface area contributed by atoms with Crippen LogP contribution in [-0.2, 0) is 6.54 Å². The molecule has 1 fully saturated rings. The van der Waals surface area contributed by atoms with Gasteiger partial charge in [0.25, 0.3) is 5.89 Å². The summed E-state index contributed by atoms with van der Waals surface area (Å²) < 4.78 is 32.3. The van der Waals surface area contributed by atoms with Gasteiger partial charge in [-0.1, -0.05) is 12.1 Å². The largest absolute Gasteiger partial charge is 0.419 e. The molecule has 7 heteroatoms. The Kier molecular flexibility index (Phi) is 4.71. The van der Waals surface area contributed by atoms with Crippen LogP contribution in [0.3, 0.4) is 0 Å². The van der Waals surface area contributed by atoms with Gasteiger partial charge in [0.1, 0.15) is 5.69 Å². The van der Waals surface area contributed by atoms with Crippen LogP contribution < -0.4 is 0 Å². The van der Waals surface area contributed by atoms with E-state index in [1.165, 1.54) is 12.1 Å². The fourth-order valence-corrected chi connectivity index (χ4v) is 3.29. The van der Waals surface area contributed by atoms with E-state index in [0.29, 0.717) is 24.0 Å². The van der Waals surface area contributed by atoms with Crippen molar-refractivity contribution in [2.45, 2.75) is 25.3 Å². The van der Waals surface area contributed by atoms with Gasteiger partial charge in [0, 0.05) is 19.3 Å². The lowest BCUT2D eigenvalue weighted by Gasteiger charge is -2.31. The molecule has 1 atom stereocenters. The molecule has 1 aliphatic heterocycles. The molecular weight excluding hydrogens is 338 g/mol. The molecular formula is C19H18F2N4O. The van der Waals surface area contributed by atoms with E-state index in [9.17, 15) is 8.78 Å². The number of pyridine rings is 1. The van der Waals surface area contributed by atoms with Crippen molar-refractivity contribution in [1.82, 2.24) is 20.1 Å². The molecule has 0 aliphatic carbocycles. The lowest BCUT2D eigenvalue weighted by molar-refractivity contribution is 0.186. The minimum Gasteiger partial charge on any atom is -0.419 e. The molecule has 26 heavy (non-hydrogen) atoms. The number of piperidine rings is 1. The summed E-state index contributed by atoms with van der Waals surface area (Å²) in [5.41, 5.74) is 1.41. The second-order valence-electron chi connectivity index (χ2n) is 6.48. The van der Waals surface area contributed by atoms with Crippen molar-refractivity contribution in [2.24, 2.45) is 0 Å². The van der Waals surface area contributed by atoms with Crippen LogP contribution in [0.1, 0.15) is 30.2 Å². The quantitative estimate of drug-likeness (QED) is 0.712. The Hall–Kier alpha value is -2.67. The molecule has 4 rings (SSSR count). The van der Waals surface area contributed by atoms with Gasteiger partial charge in [0.05, 0.1) is 5.92 Å². The van der Waals surface area contributed by atoms with Crippen LogP contribution in [0.4, 0.5) is 8.78 Å². The second-order valence-corrected chi connectivity index (χ2v) is 6.48. The van der Waals surface area contributed by atoms with Gasteiger partial charge in [-0.15, -0.1) is 10.2 Å². The molecule has 0 bridgehead atoms. The molecule has 3 aromatic rings. The van der Waals surface area contributed by atoms with E-state index >= 15 is 0 Å². The highest BCUT2D eigenvalue weighted by Gasteiger charge is 2.26. The fourth-order valence-electron chi connectivity index (χ4n) is 3.29. The number of hydrogen-bond acceptors (Lipinski definition) is 5. The summed E-state index contributed by atoms with van der Waals surface area (Å²) in [4.78, 5) is 6.42. The van der Waals surface area contributed by atoms with Crippen LogP contribution in [-0.4, -0.2) is 33.2 Å². The van der Waals surface area contributed by atoms with Crippen molar-refractivity contribution < 1.29 is 13.2 Å². The summed E-state index contributed by atoms with van der Waals surface area (Å²) in [6.07, 6.45) is 3.62. The molecule has 0 unspecified atom stereocenters. The van der Waals surface area contributed by atoms with E-state index in [1.54, 1.807) is 12.3 Å². The highest BCUT2D eigenvalue weighted by atomic mass is 19.2. The Balaban J connectivity index is 1.45. The molecule has 0 spiro atoms. The summed E-state index contributed by atoms with van der Waals surface area (Å²) in [7, 11) is 0. The Morgan fingerprint density at radius 1 is 1.12 bits per heavy atom. The van der Waals surface area contributed by atoms with Gasteiger partial charge in [0.2, 0.25) is 5.89 Å². The molecule has 0 saturated carbocycles. The second kappa shape index (κ2) is 7.29. The number of hydrogen-bond donors (Lipinski definition) is 0. The van der Waals surface area contributed by atoms with Crippen LogP contribution in [0.15, 0.2) is 47.0 Å². The lowest BCUT2D eigenvalue weighted by atomic mass is 9.97. The predicted molar refractivity (Wildman–Crippen MR) is 91.1 cm³/mol. The van der Waals surface area contributed by atoms with Gasteiger partial charge >= 0.3 is 0 Å². The summed E-state index contributed by atoms with van der Waals surface area (Å²) in [6, 6.07) is 9.57. The van der Waals surface area contributed by atoms with E-state index in [1.807, 2.05) is 18.2 Å². The van der Waals surface area contributed by atoms with E-state index in [0.717, 1.165) is 31.5 Å². The maximum Gasteiger partial charge on any atom is 0.266 e. The number of benzene rings is 1. The van der Waals surface area contributed by atoms with E-state index in [2.05, 4.69) is 20.1 Å². The van der Waals surface area contributed by atoms with Gasteiger partial charge in [0.15, 0.2) is 11.6 Å². The third-order valence-electron chi connectivity index (χ3n) is 4.57. The average molecular weight is 356 g/mol. The van der Waals surface area contributed by atoms with E-state index < -0.39 is 11.6 Å². The first-order valence-corrected chi connectivity index (χ1v) is 8.60. The summed E-state index contributed by atoms with van der Waals surface area (Å²) in [6.45, 7) is 2.20. The third kappa shape index (κ3) is 3.62. The standard InChI is InChI=1S/C19H18F2N4O/c20-15-7-6-13(10-16(15)21)11-25-9-3-4-14(12-25)18-23-24-19(26-18)17-5-1-2-8-22-17/h1-2,5-8,10,14H,3-4,9,11-12H2/t14-/m1/s1. The Bertz CT molecular complexity index is 884. The van der Waals surface area contributed by atoms with Crippen molar-refractivity contribution in [3.63, 3.8) is 0 Å². The number of rotatable bonds is 4. The predicted octanol–water partition coefficient (Wildman–Crippen LogP) is 3.79. The van der Waals surface area contributed by atoms with Crippen LogP contribution in [0.2, 0.25) is 0 Å². The van der Waals surface area contributed by atoms with Gasteiger partial charge in [-0.05, 0) is 49.2 Å². The highest BCUT2D eigenvalue weighted by molar-refractivity contribution is 5.45. The first kappa shape index (κ1) is 16.8. The van der Waals surface area contributed by atoms with E-state index in [-0.39, 0.29) is 5.92 Å². The molecule has 0 amide bonds. The molecule has 2 aromatic heterocycles. The molecule has 3 heterocycles. The van der Waals surface area contributed by atoms with Gasteiger partial charge in [-0.3, -0.25) is 9.88 Å². The average Bonchev–Trinajstić information content (AvgIpc) is 3.16. The maximum absolute atomic E-state index is 13.4. The number of likely N-dealkylation sites (tertiary alicyclic amines) is 1. The Morgan fingerprint density at radius 3 is 2.85 bits per heavy atom. The van der Waals surface area contributed by atoms with Gasteiger partial charge < -0.3 is 4.42 Å². The molecule has 0 radical (unpaired) electrons. The topological polar surface area (TPSA) is 55.1 Å². The molecule has 0 N–H and O–H groups in total. The lowest BCUT2D eigenvalue weighted by Crippen LogP contribution is -2.34. The van der Waals surface area contributed by atoms with Crippen LogP contribution >= 0.6 is 0 Å². The van der Waals surface area contributed by atoms with Gasteiger partial charge in [-0.25, -0.2) is 8.78 Å². The first-order valence-electron chi connectivity index (χ1n) is 8.60. The zero-order chi connectivity index (χ0) is 17.9. The van der Waals surface area contributed by atoms with Crippen LogP contribution in [0, 0.1) is 11.6 Å². The Labute approximate surface area is 149 Å². The summed E-state index contributed by atoms with van der Waals surface area (Å²) in [5.74, 6) is -0.496. The molecule has 1 aliphatic rings. The molecule has 5 nitrogen and oxygen atoms in total. The number of halogens is 2. The fraction of sp³-hybridized carbons (Fsp3) is 0.316. The molecule has 1 saturated heterocycles. The zero-order valence-electron chi connectivity index (χ0n) is 14.1. The Morgan fingerprint density at radius 2 is 2.04 bits per heavy atom. The summed E-state index contributed by atoms with van der Waals surface area (Å²) in [5, 5.41) is 8.29. The molecule has 1 aromatic carbocycles. The first-order chi connectivity index (χ1) is 12.7. The number of aromatic nitrogens is 3. The SMILES string of the molecule is Fc1ccc(CN2CCC[C@@H](c3nnc(-c4ccccn4)o3)C2)cc1F. The van der Waals surface area contributed by atoms with Gasteiger partial charge in [-0.2, -0.15) is 0 Å². The van der Waals surface area contributed by atoms with Crippen LogP contribution in [0.25, 0.3) is 11.6 Å². The summed E-state index contributed by atoms with van der Waals surface area (Å²) >= 11 is 0. The van der Waals surface area contributed by atoms with Crippen molar-refractivity contribution in [3.8, 4) is 11.6 Å². The monoisotopic (exact) mass is 356 g/mol. The minimum absolute atomic E-state index is 0.124. The van der Waals surface area contributed by atoms with Crippen molar-refractivity contribution >= 4 is 0 Å². The highest BCUT2D eigenvalue weighted by Crippen LogP contribution is 2.28. The zero-order valence-corrected chi connectivity index (χ0v) is 14.1.